The van der Waals surface area contributed by atoms with Gasteiger partial charge < -0.3 is 4.90 Å². The van der Waals surface area contributed by atoms with Crippen LogP contribution in [0.15, 0.2) is 0 Å². The largest absolute Gasteiger partial charge is 0.326 e. The molecule has 0 spiro atoms. The van der Waals surface area contributed by atoms with E-state index in [1.165, 1.54) is 19.3 Å². The number of nitrogens with zero attached hydrogens (tertiary/aromatic N) is 1. The lowest BCUT2D eigenvalue weighted by molar-refractivity contribution is -0.131. The third-order valence-corrected chi connectivity index (χ3v) is 4.15. The van der Waals surface area contributed by atoms with Crippen LogP contribution in [0.1, 0.15) is 46.5 Å². The van der Waals surface area contributed by atoms with Gasteiger partial charge in [-0.3, -0.25) is 10.1 Å². The highest BCUT2D eigenvalue weighted by Gasteiger charge is 2.37. The number of nitrogens with one attached hydrogen (secondary N) is 1. The second kappa shape index (κ2) is 4.74. The van der Waals surface area contributed by atoms with Crippen molar-refractivity contribution in [3.05, 3.63) is 0 Å². The van der Waals surface area contributed by atoms with Gasteiger partial charge in [0.2, 0.25) is 5.91 Å². The van der Waals surface area contributed by atoms with Crippen LogP contribution in [0.4, 0.5) is 0 Å². The van der Waals surface area contributed by atoms with Gasteiger partial charge in [-0.25, -0.2) is 0 Å². The van der Waals surface area contributed by atoms with Crippen molar-refractivity contribution < 1.29 is 4.79 Å². The van der Waals surface area contributed by atoms with Gasteiger partial charge in [0.25, 0.3) is 0 Å². The second-order valence-corrected chi connectivity index (χ2v) is 5.56. The maximum absolute atomic E-state index is 12.2. The van der Waals surface area contributed by atoms with Crippen molar-refractivity contribution in [3.8, 4) is 0 Å². The number of hydrogen-bond acceptors (Lipinski definition) is 2. The van der Waals surface area contributed by atoms with Crippen molar-refractivity contribution in [2.75, 3.05) is 6.67 Å². The Morgan fingerprint density at radius 1 is 1.44 bits per heavy atom. The standard InChI is InChI=1S/C13H24N2O/c1-4-9(2)12-13(16)15(8-14-12)10(3)7-11-5-6-11/h9-12,14H,4-8H2,1-3H3. The Morgan fingerprint density at radius 3 is 2.69 bits per heavy atom. The number of hydrogen-bond donors (Lipinski definition) is 1. The molecule has 1 saturated heterocycles. The van der Waals surface area contributed by atoms with Crippen molar-refractivity contribution in [3.63, 3.8) is 0 Å². The predicted octanol–water partition coefficient (Wildman–Crippen LogP) is 1.98. The van der Waals surface area contributed by atoms with Crippen molar-refractivity contribution in [2.45, 2.75) is 58.5 Å². The average molecular weight is 224 g/mol. The zero-order valence-electron chi connectivity index (χ0n) is 10.7. The molecule has 1 amide bonds. The van der Waals surface area contributed by atoms with Crippen LogP contribution in [0.3, 0.4) is 0 Å². The Bertz CT molecular complexity index is 263. The minimum Gasteiger partial charge on any atom is -0.326 e. The van der Waals surface area contributed by atoms with E-state index >= 15 is 0 Å². The highest BCUT2D eigenvalue weighted by Crippen LogP contribution is 2.35. The second-order valence-electron chi connectivity index (χ2n) is 5.56. The van der Waals surface area contributed by atoms with E-state index in [0.29, 0.717) is 17.9 Å². The highest BCUT2D eigenvalue weighted by atomic mass is 16.2. The van der Waals surface area contributed by atoms with Crippen molar-refractivity contribution >= 4 is 5.91 Å². The van der Waals surface area contributed by atoms with Gasteiger partial charge in [-0.2, -0.15) is 0 Å². The third kappa shape index (κ3) is 2.40. The summed E-state index contributed by atoms with van der Waals surface area (Å²) >= 11 is 0. The molecular weight excluding hydrogens is 200 g/mol. The summed E-state index contributed by atoms with van der Waals surface area (Å²) < 4.78 is 0. The van der Waals surface area contributed by atoms with Crippen molar-refractivity contribution in [1.82, 2.24) is 10.2 Å². The Kier molecular flexibility index (Phi) is 3.53. The molecule has 1 aliphatic heterocycles. The van der Waals surface area contributed by atoms with E-state index in [0.717, 1.165) is 19.0 Å². The fourth-order valence-electron chi connectivity index (χ4n) is 2.56. The Labute approximate surface area is 98.6 Å². The fraction of sp³-hybridized carbons (Fsp3) is 0.923. The van der Waals surface area contributed by atoms with Crippen LogP contribution in [0.2, 0.25) is 0 Å². The molecule has 3 nitrogen and oxygen atoms in total. The molecule has 3 unspecified atom stereocenters. The minimum absolute atomic E-state index is 0.0617. The molecule has 1 saturated carbocycles. The monoisotopic (exact) mass is 224 g/mol. The molecule has 0 aromatic rings. The first-order valence-corrected chi connectivity index (χ1v) is 6.67. The number of carbonyl (C=O) groups is 1. The molecular formula is C13H24N2O. The van der Waals surface area contributed by atoms with E-state index in [1.807, 2.05) is 4.90 Å². The molecule has 0 bridgehead atoms. The summed E-state index contributed by atoms with van der Waals surface area (Å²) in [5.74, 6) is 1.67. The molecule has 2 fully saturated rings. The molecule has 16 heavy (non-hydrogen) atoms. The summed E-state index contributed by atoms with van der Waals surface area (Å²) in [4.78, 5) is 14.2. The van der Waals surface area contributed by atoms with E-state index in [1.54, 1.807) is 0 Å². The van der Waals surface area contributed by atoms with Gasteiger partial charge in [0.15, 0.2) is 0 Å². The van der Waals surface area contributed by atoms with Gasteiger partial charge in [-0.05, 0) is 25.2 Å². The maximum atomic E-state index is 12.2. The summed E-state index contributed by atoms with van der Waals surface area (Å²) in [5.41, 5.74) is 0. The van der Waals surface area contributed by atoms with Crippen LogP contribution in [-0.2, 0) is 4.79 Å². The molecule has 0 aromatic carbocycles. The van der Waals surface area contributed by atoms with Crippen molar-refractivity contribution in [1.29, 1.82) is 0 Å². The molecule has 3 atom stereocenters. The number of carbonyl (C=O) groups excluding carboxylic acids is 1. The van der Waals surface area contributed by atoms with Gasteiger partial charge in [-0.15, -0.1) is 0 Å². The zero-order chi connectivity index (χ0) is 11.7. The van der Waals surface area contributed by atoms with Gasteiger partial charge in [0.05, 0.1) is 12.7 Å². The quantitative estimate of drug-likeness (QED) is 0.774. The molecule has 2 rings (SSSR count). The molecule has 0 aromatic heterocycles. The zero-order valence-corrected chi connectivity index (χ0v) is 10.7. The summed E-state index contributed by atoms with van der Waals surface area (Å²) in [6.45, 7) is 7.25. The first-order valence-electron chi connectivity index (χ1n) is 6.67. The SMILES string of the molecule is CCC(C)C1NCN(C(C)CC2CC2)C1=O. The lowest BCUT2D eigenvalue weighted by atomic mass is 9.99. The van der Waals surface area contributed by atoms with E-state index < -0.39 is 0 Å². The lowest BCUT2D eigenvalue weighted by Gasteiger charge is -2.24. The summed E-state index contributed by atoms with van der Waals surface area (Å²) in [5, 5.41) is 3.36. The normalized spacial score (nSPS) is 29.6. The van der Waals surface area contributed by atoms with E-state index in [-0.39, 0.29) is 6.04 Å². The molecule has 1 aliphatic carbocycles. The van der Waals surface area contributed by atoms with Gasteiger partial charge in [0.1, 0.15) is 0 Å². The van der Waals surface area contributed by atoms with Crippen LogP contribution >= 0.6 is 0 Å². The Hall–Kier alpha value is -0.570. The molecule has 0 radical (unpaired) electrons. The van der Waals surface area contributed by atoms with Gasteiger partial charge in [-0.1, -0.05) is 33.1 Å². The lowest BCUT2D eigenvalue weighted by Crippen LogP contribution is -2.39. The van der Waals surface area contributed by atoms with Crippen LogP contribution in [-0.4, -0.2) is 29.6 Å². The Morgan fingerprint density at radius 2 is 2.12 bits per heavy atom. The van der Waals surface area contributed by atoms with Gasteiger partial charge >= 0.3 is 0 Å². The van der Waals surface area contributed by atoms with Crippen LogP contribution in [0.5, 0.6) is 0 Å². The van der Waals surface area contributed by atoms with Crippen LogP contribution < -0.4 is 5.32 Å². The summed E-state index contributed by atoms with van der Waals surface area (Å²) in [6, 6.07) is 0.480. The molecule has 2 aliphatic rings. The van der Waals surface area contributed by atoms with E-state index in [2.05, 4.69) is 26.1 Å². The molecule has 3 heteroatoms. The van der Waals surface area contributed by atoms with E-state index in [4.69, 9.17) is 0 Å². The third-order valence-electron chi connectivity index (χ3n) is 4.15. The summed E-state index contributed by atoms with van der Waals surface area (Å²) in [6.07, 6.45) is 5.00. The molecule has 1 N–H and O–H groups in total. The molecule has 92 valence electrons. The van der Waals surface area contributed by atoms with Crippen LogP contribution in [0, 0.1) is 11.8 Å². The van der Waals surface area contributed by atoms with Crippen LogP contribution in [0.25, 0.3) is 0 Å². The minimum atomic E-state index is 0.0617. The first kappa shape index (κ1) is 11.9. The predicted molar refractivity (Wildman–Crippen MR) is 64.9 cm³/mol. The smallest absolute Gasteiger partial charge is 0.241 e. The average Bonchev–Trinajstić information content (AvgIpc) is 2.98. The summed E-state index contributed by atoms with van der Waals surface area (Å²) in [7, 11) is 0. The molecule has 1 heterocycles. The number of amides is 1. The Balaban J connectivity index is 1.89. The van der Waals surface area contributed by atoms with Gasteiger partial charge in [0, 0.05) is 6.04 Å². The van der Waals surface area contributed by atoms with Crippen molar-refractivity contribution in [2.24, 2.45) is 11.8 Å². The highest BCUT2D eigenvalue weighted by molar-refractivity contribution is 5.84. The number of rotatable bonds is 5. The first-order chi connectivity index (χ1) is 7.63. The topological polar surface area (TPSA) is 32.3 Å². The maximum Gasteiger partial charge on any atom is 0.241 e. The van der Waals surface area contributed by atoms with E-state index in [9.17, 15) is 4.79 Å². The fourth-order valence-corrected chi connectivity index (χ4v) is 2.56.